The summed E-state index contributed by atoms with van der Waals surface area (Å²) in [7, 11) is 1.66. The summed E-state index contributed by atoms with van der Waals surface area (Å²) in [5, 5.41) is 0.948. The second-order valence-electron chi connectivity index (χ2n) is 6.64. The van der Waals surface area contributed by atoms with Gasteiger partial charge in [-0.05, 0) is 48.7 Å². The molecule has 3 aromatic rings. The minimum absolute atomic E-state index is 0.112. The van der Waals surface area contributed by atoms with Gasteiger partial charge in [0.15, 0.2) is 0 Å². The van der Waals surface area contributed by atoms with Crippen molar-refractivity contribution in [1.82, 2.24) is 9.97 Å². The molecule has 0 unspecified atom stereocenters. The summed E-state index contributed by atoms with van der Waals surface area (Å²) in [6.45, 7) is 0. The molecular formula is C22H20N2O3S. The molecule has 5 nitrogen and oxygen atoms in total. The fourth-order valence-corrected chi connectivity index (χ4v) is 3.88. The molecule has 0 aliphatic heterocycles. The first-order valence-corrected chi connectivity index (χ1v) is 9.92. The maximum Gasteiger partial charge on any atom is 0.213 e. The number of carbonyl (C=O) groups excluding carboxylic acids is 1. The van der Waals surface area contributed by atoms with E-state index in [0.29, 0.717) is 5.88 Å². The molecule has 0 spiro atoms. The number of aromatic nitrogens is 2. The number of hydrogen-bond donors (Lipinski definition) is 0. The van der Waals surface area contributed by atoms with E-state index in [2.05, 4.69) is 9.97 Å². The molecule has 28 heavy (non-hydrogen) atoms. The van der Waals surface area contributed by atoms with E-state index < -0.39 is 0 Å². The van der Waals surface area contributed by atoms with Gasteiger partial charge in [0.25, 0.3) is 0 Å². The van der Waals surface area contributed by atoms with Gasteiger partial charge in [-0.2, -0.15) is 0 Å². The average molecular weight is 392 g/mol. The topological polar surface area (TPSA) is 61.3 Å². The van der Waals surface area contributed by atoms with Gasteiger partial charge in [0.2, 0.25) is 5.88 Å². The smallest absolute Gasteiger partial charge is 0.213 e. The highest BCUT2D eigenvalue weighted by atomic mass is 32.1. The second kappa shape index (κ2) is 8.35. The molecular weight excluding hydrogens is 372 g/mol. The molecule has 1 aliphatic rings. The number of fused-ring (bicyclic) bond motifs is 1. The maximum absolute atomic E-state index is 10.6. The summed E-state index contributed by atoms with van der Waals surface area (Å²) in [4.78, 5) is 19.5. The van der Waals surface area contributed by atoms with Crippen LogP contribution in [0, 0.1) is 5.92 Å². The Kier molecular flexibility index (Phi) is 5.48. The molecule has 2 aromatic heterocycles. The molecule has 2 heterocycles. The fraction of sp³-hybridized carbons (Fsp3) is 0.227. The zero-order valence-electron chi connectivity index (χ0n) is 15.4. The van der Waals surface area contributed by atoms with Crippen LogP contribution in [0.4, 0.5) is 0 Å². The van der Waals surface area contributed by atoms with Gasteiger partial charge in [-0.15, -0.1) is 11.3 Å². The van der Waals surface area contributed by atoms with E-state index in [1.165, 1.54) is 0 Å². The van der Waals surface area contributed by atoms with E-state index in [4.69, 9.17) is 9.47 Å². The molecule has 0 amide bonds. The molecule has 0 bridgehead atoms. The Bertz CT molecular complexity index is 1020. The third kappa shape index (κ3) is 4.28. The zero-order valence-corrected chi connectivity index (χ0v) is 16.3. The fourth-order valence-electron chi connectivity index (χ4n) is 2.97. The molecule has 0 radical (unpaired) electrons. The highest BCUT2D eigenvalue weighted by Crippen LogP contribution is 2.29. The van der Waals surface area contributed by atoms with E-state index in [1.807, 2.05) is 54.6 Å². The summed E-state index contributed by atoms with van der Waals surface area (Å²) in [6.07, 6.45) is 12.4. The number of carbonyl (C=O) groups is 1. The predicted molar refractivity (Wildman–Crippen MR) is 112 cm³/mol. The number of thiazole rings is 1. The maximum atomic E-state index is 10.6. The quantitative estimate of drug-likeness (QED) is 0.428. The van der Waals surface area contributed by atoms with Crippen LogP contribution in [0.2, 0.25) is 0 Å². The van der Waals surface area contributed by atoms with Crippen LogP contribution in [-0.4, -0.2) is 29.5 Å². The van der Waals surface area contributed by atoms with Gasteiger partial charge in [-0.25, -0.2) is 9.97 Å². The van der Waals surface area contributed by atoms with E-state index in [0.717, 1.165) is 45.7 Å². The standard InChI is InChI=1S/C22H20N2O3S/c1-26-17-7-8-19-20(12-17)28-22(24-19)5-3-2-4-15-6-9-21(23-13-15)27-18-10-16(11-18)14-25/h2-9,12-14,16,18H,10-11H2,1H3/b4-2+,5-3+/t16-,18-. The van der Waals surface area contributed by atoms with Crippen molar-refractivity contribution in [2.45, 2.75) is 18.9 Å². The van der Waals surface area contributed by atoms with Crippen molar-refractivity contribution in [1.29, 1.82) is 0 Å². The number of methoxy groups -OCH3 is 1. The van der Waals surface area contributed by atoms with Gasteiger partial charge in [0, 0.05) is 18.2 Å². The molecule has 1 fully saturated rings. The Balaban J connectivity index is 1.33. The van der Waals surface area contributed by atoms with Crippen LogP contribution in [0.15, 0.2) is 48.7 Å². The lowest BCUT2D eigenvalue weighted by Gasteiger charge is -2.31. The van der Waals surface area contributed by atoms with Gasteiger partial charge in [0.1, 0.15) is 23.1 Å². The molecule has 0 N–H and O–H groups in total. The molecule has 0 saturated heterocycles. The Labute approximate surface area is 167 Å². The summed E-state index contributed by atoms with van der Waals surface area (Å²) < 4.78 is 12.1. The van der Waals surface area contributed by atoms with Crippen molar-refractivity contribution < 1.29 is 14.3 Å². The number of allylic oxidation sites excluding steroid dienone is 2. The molecule has 6 heteroatoms. The monoisotopic (exact) mass is 392 g/mol. The normalized spacial score (nSPS) is 19.2. The van der Waals surface area contributed by atoms with Crippen LogP contribution in [0.3, 0.4) is 0 Å². The summed E-state index contributed by atoms with van der Waals surface area (Å²) in [6, 6.07) is 9.71. The first-order chi connectivity index (χ1) is 13.7. The number of hydrogen-bond acceptors (Lipinski definition) is 6. The molecule has 1 saturated carbocycles. The van der Waals surface area contributed by atoms with Gasteiger partial charge >= 0.3 is 0 Å². The van der Waals surface area contributed by atoms with Crippen LogP contribution in [-0.2, 0) is 4.79 Å². The van der Waals surface area contributed by atoms with E-state index >= 15 is 0 Å². The summed E-state index contributed by atoms with van der Waals surface area (Å²) in [5.41, 5.74) is 1.96. The first kappa shape index (κ1) is 18.4. The van der Waals surface area contributed by atoms with Gasteiger partial charge in [0.05, 0.1) is 17.3 Å². The lowest BCUT2D eigenvalue weighted by Crippen LogP contribution is -2.34. The van der Waals surface area contributed by atoms with Crippen molar-refractivity contribution in [3.05, 3.63) is 59.3 Å². The van der Waals surface area contributed by atoms with E-state index in [-0.39, 0.29) is 12.0 Å². The molecule has 1 aromatic carbocycles. The van der Waals surface area contributed by atoms with Crippen LogP contribution >= 0.6 is 11.3 Å². The zero-order chi connectivity index (χ0) is 19.3. The van der Waals surface area contributed by atoms with E-state index in [1.54, 1.807) is 24.6 Å². The van der Waals surface area contributed by atoms with Gasteiger partial charge in [-0.3, -0.25) is 0 Å². The lowest BCUT2D eigenvalue weighted by molar-refractivity contribution is -0.116. The Morgan fingerprint density at radius 3 is 2.75 bits per heavy atom. The van der Waals surface area contributed by atoms with Crippen LogP contribution in [0.1, 0.15) is 23.4 Å². The third-order valence-corrected chi connectivity index (χ3v) is 5.60. The number of benzene rings is 1. The first-order valence-electron chi connectivity index (χ1n) is 9.11. The summed E-state index contributed by atoms with van der Waals surface area (Å²) >= 11 is 1.63. The molecule has 142 valence electrons. The SMILES string of the molecule is COc1ccc2nc(/C=C/C=C/c3ccc(O[C@H]4C[C@H](C=O)C4)nc3)sc2c1. The van der Waals surface area contributed by atoms with E-state index in [9.17, 15) is 4.79 Å². The van der Waals surface area contributed by atoms with Crippen molar-refractivity contribution in [2.75, 3.05) is 7.11 Å². The largest absolute Gasteiger partial charge is 0.497 e. The third-order valence-electron chi connectivity index (χ3n) is 4.62. The number of ether oxygens (including phenoxy) is 2. The number of rotatable bonds is 7. The van der Waals surface area contributed by atoms with Crippen molar-refractivity contribution >= 4 is 40.0 Å². The molecule has 1 aliphatic carbocycles. The predicted octanol–water partition coefficient (Wildman–Crippen LogP) is 4.78. The lowest BCUT2D eigenvalue weighted by atomic mass is 9.83. The van der Waals surface area contributed by atoms with Crippen LogP contribution in [0.25, 0.3) is 22.4 Å². The Morgan fingerprint density at radius 1 is 1.14 bits per heavy atom. The summed E-state index contributed by atoms with van der Waals surface area (Å²) in [5.74, 6) is 1.59. The minimum Gasteiger partial charge on any atom is -0.497 e. The van der Waals surface area contributed by atoms with Crippen molar-refractivity contribution in [3.63, 3.8) is 0 Å². The van der Waals surface area contributed by atoms with Gasteiger partial charge < -0.3 is 14.3 Å². The molecule has 4 rings (SSSR count). The average Bonchev–Trinajstić information content (AvgIpc) is 3.10. The van der Waals surface area contributed by atoms with Gasteiger partial charge in [-0.1, -0.05) is 18.2 Å². The van der Waals surface area contributed by atoms with Crippen LogP contribution in [0.5, 0.6) is 11.6 Å². The highest BCUT2D eigenvalue weighted by molar-refractivity contribution is 7.19. The van der Waals surface area contributed by atoms with Crippen molar-refractivity contribution in [3.8, 4) is 11.6 Å². The highest BCUT2D eigenvalue weighted by Gasteiger charge is 2.30. The second-order valence-corrected chi connectivity index (χ2v) is 7.70. The Morgan fingerprint density at radius 2 is 2.00 bits per heavy atom. The molecule has 0 atom stereocenters. The number of aldehydes is 1. The number of pyridine rings is 1. The minimum atomic E-state index is 0.112. The number of nitrogens with zero attached hydrogens (tertiary/aromatic N) is 2. The Hall–Kier alpha value is -2.99. The van der Waals surface area contributed by atoms with Crippen LogP contribution < -0.4 is 9.47 Å². The van der Waals surface area contributed by atoms with Crippen molar-refractivity contribution in [2.24, 2.45) is 5.92 Å².